The van der Waals surface area contributed by atoms with E-state index in [9.17, 15) is 21.6 Å². The molecule has 2 saturated heterocycles. The summed E-state index contributed by atoms with van der Waals surface area (Å²) in [6.07, 6.45) is 3.92. The molecule has 31 heavy (non-hydrogen) atoms. The minimum Gasteiger partial charge on any atom is -0.495 e. The number of hydrogen-bond acceptors (Lipinski definition) is 7. The van der Waals surface area contributed by atoms with Crippen LogP contribution in [0.1, 0.15) is 42.5 Å². The van der Waals surface area contributed by atoms with Crippen LogP contribution in [0.3, 0.4) is 0 Å². The lowest BCUT2D eigenvalue weighted by Crippen LogP contribution is -2.49. The van der Waals surface area contributed by atoms with E-state index in [0.717, 1.165) is 25.7 Å². The average molecular weight is 474 g/mol. The zero-order valence-corrected chi connectivity index (χ0v) is 19.9. The first-order valence-corrected chi connectivity index (χ1v) is 13.7. The molecule has 0 aliphatic carbocycles. The predicted octanol–water partition coefficient (Wildman–Crippen LogP) is 1.37. The second kappa shape index (κ2) is 9.43. The Morgan fingerprint density at radius 1 is 1.13 bits per heavy atom. The van der Waals surface area contributed by atoms with Crippen molar-refractivity contribution in [2.75, 3.05) is 45.8 Å². The molecular weight excluding hydrogens is 442 g/mol. The van der Waals surface area contributed by atoms with Gasteiger partial charge in [-0.25, -0.2) is 21.8 Å². The van der Waals surface area contributed by atoms with Crippen molar-refractivity contribution in [2.24, 2.45) is 0 Å². The number of hydrazine groups is 1. The van der Waals surface area contributed by atoms with Crippen LogP contribution in [0.5, 0.6) is 5.75 Å². The first-order chi connectivity index (χ1) is 14.6. The van der Waals surface area contributed by atoms with Gasteiger partial charge in [0.25, 0.3) is 5.91 Å². The molecule has 0 radical (unpaired) electrons. The second-order valence-electron chi connectivity index (χ2n) is 8.24. The number of nitrogens with zero attached hydrogens (tertiary/aromatic N) is 3. The highest BCUT2D eigenvalue weighted by molar-refractivity contribution is 7.91. The largest absolute Gasteiger partial charge is 0.495 e. The van der Waals surface area contributed by atoms with Crippen molar-refractivity contribution in [1.29, 1.82) is 0 Å². The van der Waals surface area contributed by atoms with Crippen LogP contribution in [0.15, 0.2) is 23.1 Å². The molecule has 174 valence electrons. The number of carbonyl (C=O) groups is 1. The SMILES string of the molecule is COc1ccc(C(=O)N(C2CCS(=O)(=O)C2)N(C)C)cc1S(=O)(=O)N1CCCCCC1. The van der Waals surface area contributed by atoms with Gasteiger partial charge in [0, 0.05) is 32.7 Å². The van der Waals surface area contributed by atoms with Gasteiger partial charge in [0.15, 0.2) is 9.84 Å². The third kappa shape index (κ3) is 5.21. The smallest absolute Gasteiger partial charge is 0.268 e. The molecule has 2 aliphatic heterocycles. The highest BCUT2D eigenvalue weighted by Crippen LogP contribution is 2.30. The van der Waals surface area contributed by atoms with Gasteiger partial charge in [-0.1, -0.05) is 12.8 Å². The second-order valence-corrected chi connectivity index (χ2v) is 12.4. The molecule has 0 N–H and O–H groups in total. The van der Waals surface area contributed by atoms with E-state index >= 15 is 0 Å². The number of ether oxygens (including phenoxy) is 1. The van der Waals surface area contributed by atoms with E-state index in [0.29, 0.717) is 19.5 Å². The van der Waals surface area contributed by atoms with Crippen LogP contribution in [-0.4, -0.2) is 88.9 Å². The Kier molecular flexibility index (Phi) is 7.29. The molecule has 1 amide bonds. The lowest BCUT2D eigenvalue weighted by molar-refractivity contribution is 0.000983. The van der Waals surface area contributed by atoms with Crippen LogP contribution in [0, 0.1) is 0 Å². The van der Waals surface area contributed by atoms with Crippen molar-refractivity contribution in [3.63, 3.8) is 0 Å². The maximum absolute atomic E-state index is 13.4. The molecule has 2 aliphatic rings. The van der Waals surface area contributed by atoms with E-state index in [4.69, 9.17) is 4.74 Å². The number of carbonyl (C=O) groups excluding carboxylic acids is 1. The number of benzene rings is 1. The molecule has 1 unspecified atom stereocenters. The Balaban J connectivity index is 1.97. The summed E-state index contributed by atoms with van der Waals surface area (Å²) in [5.74, 6) is -0.332. The fraction of sp³-hybridized carbons (Fsp3) is 0.650. The molecule has 2 fully saturated rings. The zero-order valence-electron chi connectivity index (χ0n) is 18.3. The van der Waals surface area contributed by atoms with Gasteiger partial charge in [0.05, 0.1) is 24.7 Å². The fourth-order valence-corrected chi connectivity index (χ4v) is 7.60. The van der Waals surface area contributed by atoms with Crippen LogP contribution in [-0.2, 0) is 19.9 Å². The van der Waals surface area contributed by atoms with Crippen LogP contribution in [0.25, 0.3) is 0 Å². The molecule has 1 aromatic rings. The van der Waals surface area contributed by atoms with E-state index < -0.39 is 31.8 Å². The maximum Gasteiger partial charge on any atom is 0.268 e. The summed E-state index contributed by atoms with van der Waals surface area (Å²) < 4.78 is 57.4. The van der Waals surface area contributed by atoms with E-state index in [2.05, 4.69) is 0 Å². The quantitative estimate of drug-likeness (QED) is 0.575. The molecular formula is C20H31N3O6S2. The number of methoxy groups -OCH3 is 1. The molecule has 9 nitrogen and oxygen atoms in total. The van der Waals surface area contributed by atoms with E-state index in [-0.39, 0.29) is 27.7 Å². The summed E-state index contributed by atoms with van der Waals surface area (Å²) in [5, 5.41) is 2.95. The van der Waals surface area contributed by atoms with Crippen molar-refractivity contribution < 1.29 is 26.4 Å². The summed E-state index contributed by atoms with van der Waals surface area (Å²) in [4.78, 5) is 13.3. The zero-order chi connectivity index (χ0) is 22.8. The first-order valence-electron chi connectivity index (χ1n) is 10.5. The van der Waals surface area contributed by atoms with Crippen LogP contribution >= 0.6 is 0 Å². The van der Waals surface area contributed by atoms with Gasteiger partial charge >= 0.3 is 0 Å². The third-order valence-electron chi connectivity index (χ3n) is 5.79. The summed E-state index contributed by atoms with van der Waals surface area (Å²) in [6.45, 7) is 0.876. The molecule has 0 aromatic heterocycles. The van der Waals surface area contributed by atoms with Gasteiger partial charge in [-0.2, -0.15) is 4.31 Å². The van der Waals surface area contributed by atoms with Crippen molar-refractivity contribution in [2.45, 2.75) is 43.0 Å². The van der Waals surface area contributed by atoms with E-state index in [1.54, 1.807) is 19.1 Å². The number of sulfonamides is 1. The summed E-state index contributed by atoms with van der Waals surface area (Å²) in [5.41, 5.74) is 0.173. The highest BCUT2D eigenvalue weighted by Gasteiger charge is 2.37. The molecule has 1 aromatic carbocycles. The molecule has 0 spiro atoms. The van der Waals surface area contributed by atoms with Gasteiger partial charge in [-0.3, -0.25) is 9.80 Å². The van der Waals surface area contributed by atoms with Crippen LogP contribution in [0.2, 0.25) is 0 Å². The Hall–Kier alpha value is -1.69. The van der Waals surface area contributed by atoms with Crippen molar-refractivity contribution >= 4 is 25.8 Å². The average Bonchev–Trinajstić information content (AvgIpc) is 2.91. The lowest BCUT2D eigenvalue weighted by atomic mass is 10.1. The Morgan fingerprint density at radius 2 is 1.77 bits per heavy atom. The lowest BCUT2D eigenvalue weighted by Gasteiger charge is -2.34. The van der Waals surface area contributed by atoms with E-state index in [1.165, 1.54) is 34.6 Å². The van der Waals surface area contributed by atoms with Gasteiger partial charge < -0.3 is 4.74 Å². The number of hydrogen-bond donors (Lipinski definition) is 0. The molecule has 0 saturated carbocycles. The maximum atomic E-state index is 13.4. The van der Waals surface area contributed by atoms with Gasteiger partial charge in [-0.15, -0.1) is 0 Å². The summed E-state index contributed by atoms with van der Waals surface area (Å²) >= 11 is 0. The first kappa shape index (κ1) is 24.0. The third-order valence-corrected chi connectivity index (χ3v) is 9.46. The predicted molar refractivity (Wildman–Crippen MR) is 117 cm³/mol. The fourth-order valence-electron chi connectivity index (χ4n) is 4.21. The standard InChI is InChI=1S/C20H31N3O6S2/c1-21(2)23(17-10-13-30(25,26)15-17)20(24)16-8-9-18(29-3)19(14-16)31(27,28)22-11-6-4-5-7-12-22/h8-9,14,17H,4-7,10-13,15H2,1-3H3. The van der Waals surface area contributed by atoms with Crippen LogP contribution < -0.4 is 4.74 Å². The Bertz CT molecular complexity index is 1020. The van der Waals surface area contributed by atoms with Gasteiger partial charge in [0.2, 0.25) is 10.0 Å². The number of amides is 1. The van der Waals surface area contributed by atoms with Crippen LogP contribution in [0.4, 0.5) is 0 Å². The van der Waals surface area contributed by atoms with Crippen molar-refractivity contribution in [3.8, 4) is 5.75 Å². The molecule has 11 heteroatoms. The molecule has 0 bridgehead atoms. The van der Waals surface area contributed by atoms with Crippen molar-refractivity contribution in [3.05, 3.63) is 23.8 Å². The normalized spacial score (nSPS) is 22.3. The minimum atomic E-state index is -3.84. The number of rotatable bonds is 6. The van der Waals surface area contributed by atoms with E-state index in [1.807, 2.05) is 0 Å². The highest BCUT2D eigenvalue weighted by atomic mass is 32.2. The summed E-state index contributed by atoms with van der Waals surface area (Å²) in [6, 6.07) is 3.86. The Morgan fingerprint density at radius 3 is 2.29 bits per heavy atom. The summed E-state index contributed by atoms with van der Waals surface area (Å²) in [7, 11) is -2.30. The van der Waals surface area contributed by atoms with Crippen molar-refractivity contribution in [1.82, 2.24) is 14.3 Å². The van der Waals surface area contributed by atoms with Gasteiger partial charge in [-0.05, 0) is 37.5 Å². The topological polar surface area (TPSA) is 104 Å². The Labute approximate surface area is 184 Å². The molecule has 2 heterocycles. The number of sulfone groups is 1. The minimum absolute atomic E-state index is 0.0342. The monoisotopic (exact) mass is 473 g/mol. The molecule has 1 atom stereocenters. The molecule has 3 rings (SSSR count). The van der Waals surface area contributed by atoms with Gasteiger partial charge in [0.1, 0.15) is 10.6 Å².